The molecule has 0 saturated carbocycles. The van der Waals surface area contributed by atoms with Gasteiger partial charge in [-0.3, -0.25) is 0 Å². The highest BCUT2D eigenvalue weighted by atomic mass is 14.3. The number of rotatable bonds is 0. The van der Waals surface area contributed by atoms with Crippen molar-refractivity contribution < 1.29 is 0 Å². The summed E-state index contributed by atoms with van der Waals surface area (Å²) >= 11 is 0. The maximum Gasteiger partial charge on any atom is 0.225 e. The topological polar surface area (TPSA) is 0 Å². The van der Waals surface area contributed by atoms with E-state index in [2.05, 4.69) is 32.9 Å². The lowest BCUT2D eigenvalue weighted by Crippen LogP contribution is -2.25. The fourth-order valence-electron chi connectivity index (χ4n) is 0.583. The van der Waals surface area contributed by atoms with Gasteiger partial charge in [-0.1, -0.05) is 0 Å². The van der Waals surface area contributed by atoms with Crippen molar-refractivity contribution >= 4 is 0 Å². The fraction of sp³-hybridized carbons (Fsp3) is 0.714. The van der Waals surface area contributed by atoms with E-state index in [9.17, 15) is 0 Å². The van der Waals surface area contributed by atoms with Gasteiger partial charge in [-0.15, -0.1) is 0 Å². The molecule has 1 rings (SSSR count). The maximum atomic E-state index is 3.21. The molecule has 0 heteroatoms. The molecule has 0 aromatic carbocycles. The molecule has 7 heavy (non-hydrogen) atoms. The number of hydrogen-bond acceptors (Lipinski definition) is 0. The molecule has 0 N–H and O–H groups in total. The summed E-state index contributed by atoms with van der Waals surface area (Å²) in [5.74, 6) is 0.743. The first-order valence-corrected chi connectivity index (χ1v) is 2.74. The molecule has 0 fully saturated rings. The Labute approximate surface area is 45.2 Å². The van der Waals surface area contributed by atoms with Crippen LogP contribution in [0.25, 0.3) is 0 Å². The molecule has 0 saturated heterocycles. The van der Waals surface area contributed by atoms with Crippen molar-refractivity contribution in [2.45, 2.75) is 20.8 Å². The summed E-state index contributed by atoms with van der Waals surface area (Å²) in [6, 6.07) is 0. The first-order chi connectivity index (χ1) is 3.13. The van der Waals surface area contributed by atoms with Crippen molar-refractivity contribution in [3.8, 4) is 0 Å². The minimum atomic E-state index is 0.375. The van der Waals surface area contributed by atoms with E-state index >= 15 is 0 Å². The highest BCUT2D eigenvalue weighted by Crippen LogP contribution is 2.36. The predicted molar refractivity (Wildman–Crippen MR) is 30.8 cm³/mol. The summed E-state index contributed by atoms with van der Waals surface area (Å²) in [6.45, 7) is 6.63. The summed E-state index contributed by atoms with van der Waals surface area (Å²) in [4.78, 5) is 0. The Morgan fingerprint density at radius 2 is 2.00 bits per heavy atom. The van der Waals surface area contributed by atoms with E-state index in [0.29, 0.717) is 5.41 Å². The Morgan fingerprint density at radius 1 is 1.57 bits per heavy atom. The summed E-state index contributed by atoms with van der Waals surface area (Å²) in [7, 11) is 0. The van der Waals surface area contributed by atoms with Gasteiger partial charge >= 0.3 is 0 Å². The molecule has 38 valence electrons. The molecule has 0 radical (unpaired) electrons. The largest absolute Gasteiger partial charge is 0.225 e. The Bertz CT molecular complexity index is 98.6. The zero-order valence-corrected chi connectivity index (χ0v) is 5.15. The zero-order chi connectivity index (χ0) is 5.49. The molecule has 0 aromatic rings. The van der Waals surface area contributed by atoms with Crippen LogP contribution in [0.3, 0.4) is 0 Å². The maximum absolute atomic E-state index is 3.21. The van der Waals surface area contributed by atoms with E-state index in [1.807, 2.05) is 0 Å². The molecule has 0 amide bonds. The van der Waals surface area contributed by atoms with Gasteiger partial charge in [0, 0.05) is 0 Å². The minimum Gasteiger partial charge on any atom is -0.0492 e. The average molecular weight is 95.2 g/mol. The normalized spacial score (nSPS) is 33.9. The first-order valence-electron chi connectivity index (χ1n) is 2.74. The Hall–Kier alpha value is -0.350. The molecule has 1 atom stereocenters. The Balaban J connectivity index is 2.64. The third-order valence-electron chi connectivity index (χ3n) is 1.84. The van der Waals surface area contributed by atoms with Gasteiger partial charge in [0.15, 0.2) is 11.5 Å². The molecule has 1 aliphatic carbocycles. The van der Waals surface area contributed by atoms with Crippen molar-refractivity contribution in [3.05, 3.63) is 12.2 Å². The van der Waals surface area contributed by atoms with Gasteiger partial charge in [-0.05, 0) is 20.8 Å². The third-order valence-corrected chi connectivity index (χ3v) is 1.84. The lowest BCUT2D eigenvalue weighted by Gasteiger charge is -2.17. The monoisotopic (exact) mass is 95.1 g/mol. The fourth-order valence-corrected chi connectivity index (χ4v) is 0.583. The molecule has 0 spiro atoms. The molecule has 1 unspecified atom stereocenters. The standard InChI is InChI=1S/C7H11/c1-6-4-5-7(6,2)3/h4,6H,1-3H3/q+1. The van der Waals surface area contributed by atoms with Crippen LogP contribution in [0.4, 0.5) is 0 Å². The van der Waals surface area contributed by atoms with E-state index in [-0.39, 0.29) is 0 Å². The van der Waals surface area contributed by atoms with Crippen LogP contribution in [0.1, 0.15) is 20.8 Å². The quantitative estimate of drug-likeness (QED) is 0.404. The first kappa shape index (κ1) is 4.80. The SMILES string of the molecule is CC1C=[C+]C1(C)C. The highest BCUT2D eigenvalue weighted by Gasteiger charge is 2.43. The van der Waals surface area contributed by atoms with E-state index < -0.39 is 0 Å². The van der Waals surface area contributed by atoms with Crippen LogP contribution >= 0.6 is 0 Å². The van der Waals surface area contributed by atoms with Crippen molar-refractivity contribution in [2.75, 3.05) is 0 Å². The summed E-state index contributed by atoms with van der Waals surface area (Å²) in [5, 5.41) is 0. The Kier molecular flexibility index (Phi) is 0.739. The Morgan fingerprint density at radius 3 is 2.00 bits per heavy atom. The molecule has 0 aliphatic heterocycles. The van der Waals surface area contributed by atoms with Crippen molar-refractivity contribution in [1.82, 2.24) is 0 Å². The van der Waals surface area contributed by atoms with Crippen LogP contribution in [0.15, 0.2) is 6.08 Å². The van der Waals surface area contributed by atoms with Gasteiger partial charge in [0.05, 0.1) is 5.92 Å². The molecular formula is C7H11+. The lowest BCUT2D eigenvalue weighted by molar-refractivity contribution is 0.303. The van der Waals surface area contributed by atoms with E-state index in [1.165, 1.54) is 0 Å². The molecule has 0 nitrogen and oxygen atoms in total. The summed E-state index contributed by atoms with van der Waals surface area (Å²) < 4.78 is 0. The van der Waals surface area contributed by atoms with Crippen LogP contribution in [-0.2, 0) is 0 Å². The number of allylic oxidation sites excluding steroid dienone is 2. The molecule has 0 aromatic heterocycles. The number of hydrogen-bond donors (Lipinski definition) is 0. The van der Waals surface area contributed by atoms with Gasteiger partial charge in [0.1, 0.15) is 0 Å². The van der Waals surface area contributed by atoms with Gasteiger partial charge < -0.3 is 0 Å². The van der Waals surface area contributed by atoms with Crippen LogP contribution in [-0.4, -0.2) is 0 Å². The van der Waals surface area contributed by atoms with Gasteiger partial charge in [0.25, 0.3) is 0 Å². The minimum absolute atomic E-state index is 0.375. The van der Waals surface area contributed by atoms with Crippen LogP contribution < -0.4 is 0 Å². The smallest absolute Gasteiger partial charge is 0.0492 e. The van der Waals surface area contributed by atoms with Crippen LogP contribution in [0, 0.1) is 17.4 Å². The molecular weight excluding hydrogens is 84.1 g/mol. The zero-order valence-electron chi connectivity index (χ0n) is 5.15. The van der Waals surface area contributed by atoms with E-state index in [0.717, 1.165) is 5.92 Å². The van der Waals surface area contributed by atoms with Gasteiger partial charge in [0.2, 0.25) is 6.08 Å². The lowest BCUT2D eigenvalue weighted by atomic mass is 9.71. The summed E-state index contributed by atoms with van der Waals surface area (Å²) in [5.41, 5.74) is 0.375. The van der Waals surface area contributed by atoms with Crippen molar-refractivity contribution in [3.63, 3.8) is 0 Å². The second kappa shape index (κ2) is 1.08. The molecule has 0 heterocycles. The van der Waals surface area contributed by atoms with Crippen molar-refractivity contribution in [1.29, 1.82) is 0 Å². The van der Waals surface area contributed by atoms with Gasteiger partial charge in [-0.2, -0.15) is 0 Å². The van der Waals surface area contributed by atoms with Crippen LogP contribution in [0.2, 0.25) is 0 Å². The second-order valence-corrected chi connectivity index (χ2v) is 2.82. The van der Waals surface area contributed by atoms with Gasteiger partial charge in [-0.25, -0.2) is 0 Å². The molecule has 1 aliphatic rings. The molecule has 0 bridgehead atoms. The van der Waals surface area contributed by atoms with E-state index in [1.54, 1.807) is 0 Å². The highest BCUT2D eigenvalue weighted by molar-refractivity contribution is 5.06. The second-order valence-electron chi connectivity index (χ2n) is 2.82. The van der Waals surface area contributed by atoms with E-state index in [4.69, 9.17) is 0 Å². The van der Waals surface area contributed by atoms with Crippen LogP contribution in [0.5, 0.6) is 0 Å². The van der Waals surface area contributed by atoms with Crippen molar-refractivity contribution in [2.24, 2.45) is 11.3 Å². The average Bonchev–Trinajstić information content (AvgIpc) is 1.63. The third kappa shape index (κ3) is 0.555. The summed E-state index contributed by atoms with van der Waals surface area (Å²) in [6.07, 6.45) is 5.33. The predicted octanol–water partition coefficient (Wildman–Crippen LogP) is 2.02.